The summed E-state index contributed by atoms with van der Waals surface area (Å²) in [5.41, 5.74) is 19.5. The van der Waals surface area contributed by atoms with E-state index in [2.05, 4.69) is 185 Å². The fraction of sp³-hybridized carbons (Fsp3) is 0.412. The zero-order chi connectivity index (χ0) is 39.1. The monoisotopic (exact) mass is 726 g/mol. The van der Waals surface area contributed by atoms with E-state index in [0.717, 1.165) is 11.2 Å². The summed E-state index contributed by atoms with van der Waals surface area (Å²) in [5.74, 6) is 0.174. The van der Waals surface area contributed by atoms with Crippen molar-refractivity contribution < 1.29 is 4.42 Å². The van der Waals surface area contributed by atoms with Gasteiger partial charge in [-0.25, -0.2) is 0 Å². The summed E-state index contributed by atoms with van der Waals surface area (Å²) in [6, 6.07) is 28.3. The van der Waals surface area contributed by atoms with Crippen LogP contribution in [0.4, 0.5) is 28.4 Å². The van der Waals surface area contributed by atoms with E-state index in [4.69, 9.17) is 4.42 Å². The molecule has 9 rings (SSSR count). The molecule has 1 aromatic heterocycles. The molecule has 5 aromatic rings. The zero-order valence-corrected chi connectivity index (χ0v) is 35.5. The third-order valence-corrected chi connectivity index (χ3v) is 13.7. The van der Waals surface area contributed by atoms with Gasteiger partial charge in [0.2, 0.25) is 0 Å². The van der Waals surface area contributed by atoms with Gasteiger partial charge < -0.3 is 14.2 Å². The lowest BCUT2D eigenvalue weighted by Gasteiger charge is -2.53. The van der Waals surface area contributed by atoms with Crippen LogP contribution in [0.15, 0.2) is 101 Å². The van der Waals surface area contributed by atoms with Crippen LogP contribution in [-0.2, 0) is 10.8 Å². The Morgan fingerprint density at radius 2 is 1.27 bits per heavy atom. The fourth-order valence-electron chi connectivity index (χ4n) is 10.4. The first-order valence-electron chi connectivity index (χ1n) is 20.7. The molecule has 0 amide bonds. The summed E-state index contributed by atoms with van der Waals surface area (Å²) in [4.78, 5) is 5.26. The first-order valence-corrected chi connectivity index (χ1v) is 20.7. The maximum atomic E-state index is 7.32. The standard InChI is InChI=1S/C51H59BN2O/c1-30-14-20-40(32(3)24-30)54-41-29-38-37(50(10,11)22-23-51(38,12)13)28-39(41)52-45-42(25-31(2)26-43(45)54)53(35-18-15-33(16-19-35)48(4,5)6)46-36-27-34(49(7,8)9)17-21-44(36)55-47(46)52/h14-21,24-29,39,41H,22-23H2,1-13H3. The molecular weight excluding hydrogens is 667 g/mol. The van der Waals surface area contributed by atoms with Crippen LogP contribution in [0.5, 0.6) is 0 Å². The number of hydrogen-bond acceptors (Lipinski definition) is 3. The first kappa shape index (κ1) is 36.2. The number of aryl methyl sites for hydroxylation is 3. The van der Waals surface area contributed by atoms with E-state index in [1.54, 1.807) is 0 Å². The lowest BCUT2D eigenvalue weighted by atomic mass is 9.30. The van der Waals surface area contributed by atoms with E-state index in [1.807, 2.05) is 0 Å². The Morgan fingerprint density at radius 3 is 1.91 bits per heavy atom. The number of hydrogen-bond donors (Lipinski definition) is 0. The summed E-state index contributed by atoms with van der Waals surface area (Å²) in [6.07, 6.45) is 7.81. The van der Waals surface area contributed by atoms with Gasteiger partial charge in [0, 0.05) is 28.1 Å². The smallest absolute Gasteiger partial charge is 0.272 e. The molecule has 2 unspecified atom stereocenters. The predicted octanol–water partition coefficient (Wildman–Crippen LogP) is 12.9. The molecule has 2 atom stereocenters. The Hall–Kier alpha value is -4.44. The second-order valence-corrected chi connectivity index (χ2v) is 20.8. The van der Waals surface area contributed by atoms with Crippen LogP contribution in [0.3, 0.4) is 0 Å². The predicted molar refractivity (Wildman–Crippen MR) is 237 cm³/mol. The van der Waals surface area contributed by atoms with Gasteiger partial charge in [0.25, 0.3) is 6.71 Å². The van der Waals surface area contributed by atoms with E-state index in [1.165, 1.54) is 91.1 Å². The van der Waals surface area contributed by atoms with Gasteiger partial charge in [-0.05, 0) is 142 Å². The minimum atomic E-state index is 0.00451. The number of anilines is 5. The van der Waals surface area contributed by atoms with Crippen molar-refractivity contribution in [3.05, 3.63) is 124 Å². The number of rotatable bonds is 2. The van der Waals surface area contributed by atoms with Gasteiger partial charge in [-0.3, -0.25) is 0 Å². The molecule has 3 nitrogen and oxygen atoms in total. The second-order valence-electron chi connectivity index (χ2n) is 20.8. The van der Waals surface area contributed by atoms with E-state index in [9.17, 15) is 0 Å². The Bertz CT molecular complexity index is 2460. The molecule has 0 radical (unpaired) electrons. The molecule has 55 heavy (non-hydrogen) atoms. The van der Waals surface area contributed by atoms with Crippen molar-refractivity contribution in [2.45, 2.75) is 126 Å². The van der Waals surface area contributed by atoms with Crippen molar-refractivity contribution in [2.24, 2.45) is 10.8 Å². The van der Waals surface area contributed by atoms with Gasteiger partial charge in [-0.1, -0.05) is 117 Å². The molecule has 0 N–H and O–H groups in total. The van der Waals surface area contributed by atoms with Crippen molar-refractivity contribution in [1.29, 1.82) is 0 Å². The summed E-state index contributed by atoms with van der Waals surface area (Å²) >= 11 is 0. The molecular formula is C51H59BN2O. The third kappa shape index (κ3) is 5.52. The number of benzene rings is 4. The van der Waals surface area contributed by atoms with Crippen molar-refractivity contribution in [3.63, 3.8) is 0 Å². The van der Waals surface area contributed by atoms with Crippen molar-refractivity contribution in [3.8, 4) is 0 Å². The van der Waals surface area contributed by atoms with Gasteiger partial charge >= 0.3 is 0 Å². The van der Waals surface area contributed by atoms with Crippen LogP contribution in [0.2, 0.25) is 5.82 Å². The summed E-state index contributed by atoms with van der Waals surface area (Å²) in [6.45, 7) is 30.5. The number of nitrogens with zero attached hydrogens (tertiary/aromatic N) is 2. The lowest BCUT2D eigenvalue weighted by molar-refractivity contribution is 0.255. The largest absolute Gasteiger partial charge is 0.469 e. The molecule has 0 saturated heterocycles. The highest BCUT2D eigenvalue weighted by Crippen LogP contribution is 2.58. The van der Waals surface area contributed by atoms with Crippen molar-refractivity contribution in [1.82, 2.24) is 0 Å². The summed E-state index contributed by atoms with van der Waals surface area (Å²) < 4.78 is 7.32. The van der Waals surface area contributed by atoms with E-state index >= 15 is 0 Å². The van der Waals surface area contributed by atoms with Crippen LogP contribution in [0, 0.1) is 31.6 Å². The lowest BCUT2D eigenvalue weighted by Crippen LogP contribution is -2.62. The molecule has 3 heterocycles. The quantitative estimate of drug-likeness (QED) is 0.169. The maximum absolute atomic E-state index is 7.32. The Labute approximate surface area is 330 Å². The van der Waals surface area contributed by atoms with E-state index in [-0.39, 0.29) is 40.2 Å². The highest BCUT2D eigenvalue weighted by molar-refractivity contribution is 6.91. The SMILES string of the molecule is Cc1ccc(N2c3cc(C)cc4c3B(c3oc5ccc(C(C)(C)C)cc5c3N4c3ccc(C(C)(C)C)cc3)C3C=C4C(=CC32)C(C)(C)CCC4(C)C)c(C)c1. The Balaban J connectivity index is 1.40. The number of fused-ring (bicyclic) bond motifs is 7. The zero-order valence-electron chi connectivity index (χ0n) is 35.5. The molecule has 2 aliphatic heterocycles. The third-order valence-electron chi connectivity index (χ3n) is 13.7. The first-order chi connectivity index (χ1) is 25.7. The van der Waals surface area contributed by atoms with Crippen molar-refractivity contribution in [2.75, 3.05) is 9.80 Å². The van der Waals surface area contributed by atoms with Gasteiger partial charge in [-0.15, -0.1) is 0 Å². The van der Waals surface area contributed by atoms with Gasteiger partial charge in [-0.2, -0.15) is 0 Å². The molecule has 4 heteroatoms. The summed E-state index contributed by atoms with van der Waals surface area (Å²) in [7, 11) is 0. The molecule has 2 aliphatic carbocycles. The number of furan rings is 1. The molecule has 1 fully saturated rings. The molecule has 282 valence electrons. The Kier molecular flexibility index (Phi) is 7.77. The molecule has 4 aromatic carbocycles. The second kappa shape index (κ2) is 11.8. The van der Waals surface area contributed by atoms with Crippen LogP contribution in [-0.4, -0.2) is 12.8 Å². The van der Waals surface area contributed by atoms with Gasteiger partial charge in [0.15, 0.2) is 0 Å². The minimum absolute atomic E-state index is 0.00451. The molecule has 4 aliphatic rings. The number of allylic oxidation sites excluding steroid dienone is 2. The van der Waals surface area contributed by atoms with Crippen LogP contribution < -0.4 is 20.9 Å². The summed E-state index contributed by atoms with van der Waals surface area (Å²) in [5, 5.41) is 1.20. The van der Waals surface area contributed by atoms with Crippen molar-refractivity contribution >= 4 is 57.2 Å². The Morgan fingerprint density at radius 1 is 0.655 bits per heavy atom. The fourth-order valence-corrected chi connectivity index (χ4v) is 10.4. The molecule has 0 spiro atoms. The maximum Gasteiger partial charge on any atom is 0.272 e. The van der Waals surface area contributed by atoms with Crippen LogP contribution in [0.1, 0.15) is 110 Å². The topological polar surface area (TPSA) is 19.6 Å². The average molecular weight is 727 g/mol. The normalized spacial score (nSPS) is 21.1. The molecule has 1 saturated carbocycles. The van der Waals surface area contributed by atoms with Crippen LogP contribution in [0.25, 0.3) is 11.0 Å². The minimum Gasteiger partial charge on any atom is -0.469 e. The molecule has 0 bridgehead atoms. The highest BCUT2D eigenvalue weighted by atomic mass is 16.3. The van der Waals surface area contributed by atoms with E-state index < -0.39 is 0 Å². The van der Waals surface area contributed by atoms with Crippen LogP contribution >= 0.6 is 0 Å². The highest BCUT2D eigenvalue weighted by Gasteiger charge is 2.54. The van der Waals surface area contributed by atoms with Gasteiger partial charge in [0.1, 0.15) is 5.58 Å². The average Bonchev–Trinajstić information content (AvgIpc) is 3.48. The van der Waals surface area contributed by atoms with Gasteiger partial charge in [0.05, 0.1) is 17.4 Å². The van der Waals surface area contributed by atoms with E-state index in [0.29, 0.717) is 0 Å².